The number of hydrogen-bond acceptors (Lipinski definition) is 1. The summed E-state index contributed by atoms with van der Waals surface area (Å²) in [6.07, 6.45) is 0. The molecule has 1 aliphatic rings. The minimum absolute atomic E-state index is 0.932. The molecule has 152 valence electrons. The molecule has 1 unspecified atom stereocenters. The summed E-state index contributed by atoms with van der Waals surface area (Å²) in [4.78, 5) is 0. The van der Waals surface area contributed by atoms with Crippen molar-refractivity contribution in [1.29, 1.82) is 0 Å². The molecule has 6 aromatic rings. The summed E-state index contributed by atoms with van der Waals surface area (Å²) in [6.45, 7) is 0. The van der Waals surface area contributed by atoms with Gasteiger partial charge in [0.1, 0.15) is 0 Å². The van der Waals surface area contributed by atoms with Gasteiger partial charge in [0.05, 0.1) is 0 Å². The summed E-state index contributed by atoms with van der Waals surface area (Å²) in [5.41, 5.74) is 4.55. The molecule has 1 aliphatic heterocycles. The molecule has 7 rings (SSSR count). The van der Waals surface area contributed by atoms with E-state index in [4.69, 9.17) is 0 Å². The van der Waals surface area contributed by atoms with Gasteiger partial charge >= 0.3 is 0 Å². The molecule has 0 spiro atoms. The monoisotopic (exact) mass is 429 g/mol. The van der Waals surface area contributed by atoms with E-state index in [-0.39, 0.29) is 0 Å². The molecule has 0 amide bonds. The predicted octanol–water partition coefficient (Wildman–Crippen LogP) is 6.10. The second kappa shape index (κ2) is 6.22. The van der Waals surface area contributed by atoms with Crippen LogP contribution in [0.4, 0.5) is 0 Å². The Hall–Kier alpha value is -3.61. The second-order valence-corrected chi connectivity index (χ2v) is 11.3. The number of nitrogens with zero attached hydrogens (tertiary/aromatic N) is 1. The van der Waals surface area contributed by atoms with Crippen molar-refractivity contribution in [1.82, 2.24) is 4.57 Å². The summed E-state index contributed by atoms with van der Waals surface area (Å²) in [6, 6.07) is 35.6. The van der Waals surface area contributed by atoms with Crippen LogP contribution in [0, 0.1) is 0 Å². The fourth-order valence-corrected chi connectivity index (χ4v) is 8.80. The van der Waals surface area contributed by atoms with Gasteiger partial charge in [-0.3, -0.25) is 0 Å². The summed E-state index contributed by atoms with van der Waals surface area (Å²) in [5, 5.41) is 7.39. The van der Waals surface area contributed by atoms with E-state index in [2.05, 4.69) is 84.4 Å². The van der Waals surface area contributed by atoms with Crippen LogP contribution in [0.3, 0.4) is 0 Å². The third kappa shape index (κ3) is 2.13. The maximum absolute atomic E-state index is 15.3. The number of aryl methyl sites for hydroxylation is 1. The van der Waals surface area contributed by atoms with Crippen molar-refractivity contribution in [3.05, 3.63) is 103 Å². The Kier molecular flexibility index (Phi) is 3.50. The highest BCUT2D eigenvalue weighted by molar-refractivity contribution is 7.86. The summed E-state index contributed by atoms with van der Waals surface area (Å²) >= 11 is 0. The van der Waals surface area contributed by atoms with Crippen LogP contribution in [0.15, 0.2) is 103 Å². The average molecular weight is 429 g/mol. The minimum Gasteiger partial charge on any atom is -0.344 e. The second-order valence-electron chi connectivity index (χ2n) is 8.59. The molecule has 1 aromatic heterocycles. The van der Waals surface area contributed by atoms with Crippen LogP contribution in [0.25, 0.3) is 43.7 Å². The first-order valence-electron chi connectivity index (χ1n) is 10.9. The molecular weight excluding hydrogens is 409 g/mol. The maximum Gasteiger partial charge on any atom is 0.172 e. The van der Waals surface area contributed by atoms with Gasteiger partial charge in [-0.15, -0.1) is 0 Å². The number of para-hydroxylation sites is 1. The van der Waals surface area contributed by atoms with Crippen molar-refractivity contribution < 1.29 is 4.57 Å². The Morgan fingerprint density at radius 3 is 2.16 bits per heavy atom. The molecule has 0 aliphatic carbocycles. The topological polar surface area (TPSA) is 22.0 Å². The lowest BCUT2D eigenvalue weighted by molar-refractivity contribution is 0.593. The molecule has 0 N–H and O–H groups in total. The number of hydrogen-bond donors (Lipinski definition) is 0. The SMILES string of the molecule is Cn1c2ccccc2c2cc3c(cc21)-c1ccccc1P3(=O)c1cccc2ccccc12. The van der Waals surface area contributed by atoms with Crippen LogP contribution in [0.2, 0.25) is 0 Å². The molecule has 2 nitrogen and oxygen atoms in total. The molecule has 0 bridgehead atoms. The van der Waals surface area contributed by atoms with Gasteiger partial charge in [-0.2, -0.15) is 0 Å². The highest BCUT2D eigenvalue weighted by Crippen LogP contribution is 2.54. The van der Waals surface area contributed by atoms with Gasteiger partial charge in [0, 0.05) is 44.8 Å². The Balaban J connectivity index is 1.67. The Morgan fingerprint density at radius 1 is 0.562 bits per heavy atom. The molecular formula is C29H20NOP. The lowest BCUT2D eigenvalue weighted by Gasteiger charge is -2.18. The van der Waals surface area contributed by atoms with E-state index in [1.165, 1.54) is 16.4 Å². The third-order valence-corrected chi connectivity index (χ3v) is 10.2. The zero-order chi connectivity index (χ0) is 21.4. The molecule has 0 saturated carbocycles. The lowest BCUT2D eigenvalue weighted by atomic mass is 10.0. The summed E-state index contributed by atoms with van der Waals surface area (Å²) in [7, 11) is -0.917. The van der Waals surface area contributed by atoms with Gasteiger partial charge in [0.15, 0.2) is 7.14 Å². The summed E-state index contributed by atoms with van der Waals surface area (Å²) < 4.78 is 17.5. The molecule has 3 heteroatoms. The van der Waals surface area contributed by atoms with Crippen molar-refractivity contribution in [2.24, 2.45) is 7.05 Å². The van der Waals surface area contributed by atoms with Crippen LogP contribution >= 0.6 is 7.14 Å². The van der Waals surface area contributed by atoms with Gasteiger partial charge in [-0.1, -0.05) is 84.9 Å². The quantitative estimate of drug-likeness (QED) is 0.289. The zero-order valence-corrected chi connectivity index (χ0v) is 18.5. The van der Waals surface area contributed by atoms with Crippen molar-refractivity contribution >= 4 is 55.6 Å². The number of rotatable bonds is 1. The Morgan fingerprint density at radius 2 is 1.25 bits per heavy atom. The van der Waals surface area contributed by atoms with Crippen molar-refractivity contribution in [2.45, 2.75) is 0 Å². The first-order chi connectivity index (χ1) is 15.7. The first kappa shape index (κ1) is 18.0. The Labute approximate surface area is 186 Å². The molecule has 2 heterocycles. The van der Waals surface area contributed by atoms with Gasteiger partial charge in [-0.05, 0) is 40.1 Å². The largest absolute Gasteiger partial charge is 0.344 e. The van der Waals surface area contributed by atoms with Gasteiger partial charge < -0.3 is 9.13 Å². The van der Waals surface area contributed by atoms with Crippen LogP contribution in [-0.2, 0) is 11.6 Å². The van der Waals surface area contributed by atoms with Gasteiger partial charge in [-0.25, -0.2) is 0 Å². The standard InChI is InChI=1S/C29H20NOP/c1-30-25-14-6-4-12-21(25)23-18-29-24(17-26(23)30)22-13-5-7-15-28(22)32(29,31)27-16-8-10-19-9-2-3-11-20(19)27/h2-18H,1H3. The molecule has 1 atom stereocenters. The van der Waals surface area contributed by atoms with E-state index in [0.717, 1.165) is 43.2 Å². The van der Waals surface area contributed by atoms with E-state index >= 15 is 4.57 Å². The fourth-order valence-electron chi connectivity index (χ4n) is 5.52. The van der Waals surface area contributed by atoms with Crippen LogP contribution in [0.1, 0.15) is 0 Å². The maximum atomic E-state index is 15.3. The van der Waals surface area contributed by atoms with Crippen molar-refractivity contribution in [2.75, 3.05) is 0 Å². The highest BCUT2D eigenvalue weighted by atomic mass is 31.2. The molecule has 0 radical (unpaired) electrons. The number of aromatic nitrogens is 1. The lowest BCUT2D eigenvalue weighted by Crippen LogP contribution is -2.21. The smallest absolute Gasteiger partial charge is 0.172 e. The van der Waals surface area contributed by atoms with Crippen LogP contribution < -0.4 is 15.9 Å². The Bertz CT molecular complexity index is 1770. The average Bonchev–Trinajstić information content (AvgIpc) is 3.27. The van der Waals surface area contributed by atoms with Gasteiger partial charge in [0.25, 0.3) is 0 Å². The normalized spacial score (nSPS) is 17.2. The van der Waals surface area contributed by atoms with E-state index in [1.807, 2.05) is 30.3 Å². The summed E-state index contributed by atoms with van der Waals surface area (Å²) in [5.74, 6) is 0. The molecule has 5 aromatic carbocycles. The molecule has 0 fully saturated rings. The van der Waals surface area contributed by atoms with Gasteiger partial charge in [0.2, 0.25) is 0 Å². The predicted molar refractivity (Wildman–Crippen MR) is 136 cm³/mol. The fraction of sp³-hybridized carbons (Fsp3) is 0.0345. The minimum atomic E-state index is -3.03. The van der Waals surface area contributed by atoms with E-state index < -0.39 is 7.14 Å². The van der Waals surface area contributed by atoms with E-state index in [9.17, 15) is 0 Å². The van der Waals surface area contributed by atoms with Crippen LogP contribution in [0.5, 0.6) is 0 Å². The first-order valence-corrected chi connectivity index (χ1v) is 12.6. The molecule has 0 saturated heterocycles. The van der Waals surface area contributed by atoms with Crippen molar-refractivity contribution in [3.63, 3.8) is 0 Å². The highest BCUT2D eigenvalue weighted by Gasteiger charge is 2.41. The number of benzene rings is 5. The van der Waals surface area contributed by atoms with E-state index in [0.29, 0.717) is 0 Å². The molecule has 32 heavy (non-hydrogen) atoms. The van der Waals surface area contributed by atoms with Crippen molar-refractivity contribution in [3.8, 4) is 11.1 Å². The number of fused-ring (bicyclic) bond motifs is 7. The van der Waals surface area contributed by atoms with Crippen LogP contribution in [-0.4, -0.2) is 4.57 Å². The zero-order valence-electron chi connectivity index (χ0n) is 17.6. The van der Waals surface area contributed by atoms with E-state index in [1.54, 1.807) is 0 Å². The third-order valence-electron chi connectivity index (χ3n) is 7.01.